The van der Waals surface area contributed by atoms with E-state index in [1.54, 1.807) is 0 Å². The smallest absolute Gasteiger partial charge is 0.258 e. The highest BCUT2D eigenvalue weighted by Crippen LogP contribution is 2.27. The maximum Gasteiger partial charge on any atom is 0.327 e. The fourth-order valence-corrected chi connectivity index (χ4v) is 1.63. The van der Waals surface area contributed by atoms with Crippen molar-refractivity contribution in [3.8, 4) is 0 Å². The van der Waals surface area contributed by atoms with Gasteiger partial charge in [-0.05, 0) is 24.4 Å². The highest BCUT2D eigenvalue weighted by Gasteiger charge is 2.22. The van der Waals surface area contributed by atoms with Gasteiger partial charge in [-0.2, -0.15) is 4.98 Å². The summed E-state index contributed by atoms with van der Waals surface area (Å²) in [6.07, 6.45) is 2.19. The van der Waals surface area contributed by atoms with Crippen LogP contribution in [0.4, 0.5) is 5.69 Å². The van der Waals surface area contributed by atoms with Crippen LogP contribution in [-0.2, 0) is 6.42 Å². The van der Waals surface area contributed by atoms with Crippen LogP contribution in [0.1, 0.15) is 25.5 Å². The lowest BCUT2D eigenvalue weighted by Crippen LogP contribution is -2.02. The Morgan fingerprint density at radius 2 is 2.07 bits per heavy atom. The minimum absolute atomic E-state index is 0.0586. The zero-order valence-corrected chi connectivity index (χ0v) is 9.55. The fraction of sp³-hybridized carbons (Fsp3) is 0.500. The number of hydrogen-bond donors (Lipinski definition) is 0. The number of nitro groups is 1. The second-order valence-electron chi connectivity index (χ2n) is 2.94. The molecule has 15 heavy (non-hydrogen) atoms. The lowest BCUT2D eigenvalue weighted by atomic mass is 10.2. The van der Waals surface area contributed by atoms with Crippen LogP contribution in [0.5, 0.6) is 0 Å². The maximum absolute atomic E-state index is 10.7. The third-order valence-electron chi connectivity index (χ3n) is 1.84. The van der Waals surface area contributed by atoms with Gasteiger partial charge in [0.2, 0.25) is 10.4 Å². The molecule has 0 radical (unpaired) electrons. The average molecular weight is 250 g/mol. The number of halogens is 2. The van der Waals surface area contributed by atoms with E-state index < -0.39 is 4.92 Å². The Balaban J connectivity index is 3.14. The molecule has 0 N–H and O–H groups in total. The van der Waals surface area contributed by atoms with Gasteiger partial charge in [-0.15, -0.1) is 0 Å². The molecule has 0 aliphatic heterocycles. The number of rotatable bonds is 4. The number of hydrogen-bond acceptors (Lipinski definition) is 4. The van der Waals surface area contributed by atoms with Gasteiger partial charge < -0.3 is 0 Å². The van der Waals surface area contributed by atoms with Crippen molar-refractivity contribution in [3.63, 3.8) is 0 Å². The predicted molar refractivity (Wildman–Crippen MR) is 57.3 cm³/mol. The first kappa shape index (κ1) is 12.1. The summed E-state index contributed by atoms with van der Waals surface area (Å²) in [5.74, 6) is 0. The zero-order valence-electron chi connectivity index (χ0n) is 8.04. The van der Waals surface area contributed by atoms with Crippen LogP contribution in [0.25, 0.3) is 0 Å². The summed E-state index contributed by atoms with van der Waals surface area (Å²) in [6, 6.07) is 0. The summed E-state index contributed by atoms with van der Waals surface area (Å²) in [4.78, 5) is 17.5. The van der Waals surface area contributed by atoms with Gasteiger partial charge in [0.15, 0.2) is 0 Å². The maximum atomic E-state index is 10.7. The highest BCUT2D eigenvalue weighted by atomic mass is 35.5. The van der Waals surface area contributed by atoms with Crippen molar-refractivity contribution in [3.05, 3.63) is 26.2 Å². The first-order valence-electron chi connectivity index (χ1n) is 4.42. The molecule has 1 aromatic rings. The molecular weight excluding hydrogens is 241 g/mol. The van der Waals surface area contributed by atoms with E-state index in [-0.39, 0.29) is 16.1 Å². The normalized spacial score (nSPS) is 10.3. The minimum Gasteiger partial charge on any atom is -0.258 e. The lowest BCUT2D eigenvalue weighted by molar-refractivity contribution is -0.386. The van der Waals surface area contributed by atoms with E-state index in [1.165, 1.54) is 0 Å². The van der Waals surface area contributed by atoms with E-state index in [4.69, 9.17) is 23.2 Å². The third kappa shape index (κ3) is 3.00. The van der Waals surface area contributed by atoms with Gasteiger partial charge >= 0.3 is 5.69 Å². The van der Waals surface area contributed by atoms with Gasteiger partial charge in [0, 0.05) is 0 Å². The second kappa shape index (κ2) is 5.23. The Kier molecular flexibility index (Phi) is 4.23. The molecule has 1 heterocycles. The van der Waals surface area contributed by atoms with Crippen molar-refractivity contribution < 1.29 is 4.92 Å². The molecule has 7 heteroatoms. The average Bonchev–Trinajstić information content (AvgIpc) is 2.12. The molecule has 0 atom stereocenters. The summed E-state index contributed by atoms with van der Waals surface area (Å²) in [5.41, 5.74) is 0.0568. The molecule has 5 nitrogen and oxygen atoms in total. The molecule has 0 saturated carbocycles. The Bertz CT molecular complexity index is 384. The quantitative estimate of drug-likeness (QED) is 0.356. The van der Waals surface area contributed by atoms with Crippen molar-refractivity contribution in [2.75, 3.05) is 0 Å². The molecule has 0 unspecified atom stereocenters. The summed E-state index contributed by atoms with van der Waals surface area (Å²) in [7, 11) is 0. The SMILES string of the molecule is CCCCc1nc(Cl)nc(Cl)c1[N+](=O)[O-]. The van der Waals surface area contributed by atoms with Gasteiger partial charge in [-0.25, -0.2) is 4.98 Å². The van der Waals surface area contributed by atoms with Gasteiger partial charge in [0.1, 0.15) is 5.69 Å². The summed E-state index contributed by atoms with van der Waals surface area (Å²) in [5, 5.41) is 10.5. The Hall–Kier alpha value is -0.940. The Morgan fingerprint density at radius 1 is 1.40 bits per heavy atom. The van der Waals surface area contributed by atoms with Crippen LogP contribution >= 0.6 is 23.2 Å². The van der Waals surface area contributed by atoms with Crippen molar-refractivity contribution >= 4 is 28.9 Å². The van der Waals surface area contributed by atoms with Crippen molar-refractivity contribution in [1.29, 1.82) is 0 Å². The summed E-state index contributed by atoms with van der Waals surface area (Å²) in [6.45, 7) is 1.98. The molecule has 82 valence electrons. The molecule has 0 spiro atoms. The standard InChI is InChI=1S/C8H9Cl2N3O2/c1-2-3-4-5-6(13(14)15)7(9)12-8(10)11-5/h2-4H2,1H3. The van der Waals surface area contributed by atoms with E-state index in [9.17, 15) is 10.1 Å². The van der Waals surface area contributed by atoms with Crippen molar-refractivity contribution in [1.82, 2.24) is 9.97 Å². The topological polar surface area (TPSA) is 68.9 Å². The van der Waals surface area contributed by atoms with Gasteiger partial charge in [-0.1, -0.05) is 24.9 Å². The molecule has 1 rings (SSSR count). The Labute approximate surface area is 96.6 Å². The van der Waals surface area contributed by atoms with Crippen LogP contribution in [0.2, 0.25) is 10.4 Å². The first-order valence-corrected chi connectivity index (χ1v) is 5.18. The van der Waals surface area contributed by atoms with E-state index in [0.717, 1.165) is 12.8 Å². The largest absolute Gasteiger partial charge is 0.327 e. The number of aryl methyl sites for hydroxylation is 1. The monoisotopic (exact) mass is 249 g/mol. The van der Waals surface area contributed by atoms with Crippen LogP contribution in [0.3, 0.4) is 0 Å². The third-order valence-corrected chi connectivity index (χ3v) is 2.27. The second-order valence-corrected chi connectivity index (χ2v) is 3.64. The lowest BCUT2D eigenvalue weighted by Gasteiger charge is -2.02. The van der Waals surface area contributed by atoms with Gasteiger partial charge in [-0.3, -0.25) is 10.1 Å². The molecule has 0 aliphatic rings. The highest BCUT2D eigenvalue weighted by molar-refractivity contribution is 6.33. The summed E-state index contributed by atoms with van der Waals surface area (Å²) < 4.78 is 0. The molecule has 0 bridgehead atoms. The van der Waals surface area contributed by atoms with Crippen molar-refractivity contribution in [2.24, 2.45) is 0 Å². The first-order chi connectivity index (χ1) is 7.06. The van der Waals surface area contributed by atoms with E-state index in [1.807, 2.05) is 6.92 Å². The van der Waals surface area contributed by atoms with Crippen LogP contribution in [0.15, 0.2) is 0 Å². The molecule has 0 fully saturated rings. The van der Waals surface area contributed by atoms with Crippen LogP contribution < -0.4 is 0 Å². The van der Waals surface area contributed by atoms with E-state index >= 15 is 0 Å². The summed E-state index contributed by atoms with van der Waals surface area (Å²) >= 11 is 11.2. The number of unbranched alkanes of at least 4 members (excludes halogenated alkanes) is 1. The van der Waals surface area contributed by atoms with Gasteiger partial charge in [0.05, 0.1) is 4.92 Å². The van der Waals surface area contributed by atoms with E-state index in [0.29, 0.717) is 12.1 Å². The molecule has 0 saturated heterocycles. The predicted octanol–water partition coefficient (Wildman–Crippen LogP) is 3.03. The van der Waals surface area contributed by atoms with Crippen LogP contribution in [-0.4, -0.2) is 14.9 Å². The van der Waals surface area contributed by atoms with E-state index in [2.05, 4.69) is 9.97 Å². The molecule has 1 aromatic heterocycles. The Morgan fingerprint density at radius 3 is 2.60 bits per heavy atom. The zero-order chi connectivity index (χ0) is 11.4. The molecule has 0 aliphatic carbocycles. The van der Waals surface area contributed by atoms with Gasteiger partial charge in [0.25, 0.3) is 0 Å². The number of nitrogens with zero attached hydrogens (tertiary/aromatic N) is 3. The number of aromatic nitrogens is 2. The minimum atomic E-state index is -0.580. The van der Waals surface area contributed by atoms with Crippen molar-refractivity contribution in [2.45, 2.75) is 26.2 Å². The molecule has 0 aromatic carbocycles. The van der Waals surface area contributed by atoms with Crippen LogP contribution in [0, 0.1) is 10.1 Å². The fourth-order valence-electron chi connectivity index (χ4n) is 1.14. The molecular formula is C8H9Cl2N3O2. The molecule has 0 amide bonds.